The lowest BCUT2D eigenvalue weighted by Crippen LogP contribution is -2.38. The summed E-state index contributed by atoms with van der Waals surface area (Å²) in [4.78, 5) is 10.5. The number of nitrogens with one attached hydrogen (secondary N) is 3. The van der Waals surface area contributed by atoms with Crippen molar-refractivity contribution in [1.82, 2.24) is 5.32 Å². The Morgan fingerprint density at radius 2 is 2.12 bits per heavy atom. The van der Waals surface area contributed by atoms with Crippen LogP contribution in [0.3, 0.4) is 0 Å². The fourth-order valence-corrected chi connectivity index (χ4v) is 1.63. The van der Waals surface area contributed by atoms with Crippen LogP contribution in [0.5, 0.6) is 5.75 Å². The molecule has 5 N–H and O–H groups in total. The topological polar surface area (TPSA) is 100 Å². The lowest BCUT2D eigenvalue weighted by Gasteiger charge is -2.13. The number of ether oxygens (including phenoxy) is 1. The number of halogens is 2. The van der Waals surface area contributed by atoms with Gasteiger partial charge in [-0.1, -0.05) is 23.2 Å². The van der Waals surface area contributed by atoms with E-state index in [2.05, 4.69) is 5.32 Å². The van der Waals surface area contributed by atoms with Crippen molar-refractivity contribution in [3.8, 4) is 5.75 Å². The molecule has 0 unspecified atom stereocenters. The Kier molecular flexibility index (Phi) is 4.42. The van der Waals surface area contributed by atoms with Gasteiger partial charge in [0.25, 0.3) is 0 Å². The monoisotopic (exact) mass is 276 g/mol. The smallest absolute Gasteiger partial charge is 0.318 e. The van der Waals surface area contributed by atoms with E-state index in [9.17, 15) is 4.79 Å². The first-order valence-corrected chi connectivity index (χ1v) is 5.15. The van der Waals surface area contributed by atoms with Crippen molar-refractivity contribution in [3.63, 3.8) is 0 Å². The predicted molar refractivity (Wildman–Crippen MR) is 67.1 cm³/mol. The SMILES string of the molecule is COc1ccc(Cl)c(NC(=N)NC(N)=O)c1Cl. The number of rotatable bonds is 2. The molecule has 17 heavy (non-hydrogen) atoms. The van der Waals surface area contributed by atoms with Gasteiger partial charge >= 0.3 is 6.03 Å². The molecule has 0 saturated carbocycles. The van der Waals surface area contributed by atoms with Gasteiger partial charge < -0.3 is 15.8 Å². The van der Waals surface area contributed by atoms with Gasteiger partial charge in [-0.3, -0.25) is 10.7 Å². The lowest BCUT2D eigenvalue weighted by atomic mass is 10.3. The molecule has 1 rings (SSSR count). The molecule has 0 saturated heterocycles. The zero-order valence-electron chi connectivity index (χ0n) is 8.80. The molecule has 92 valence electrons. The second-order valence-electron chi connectivity index (χ2n) is 2.93. The third-order valence-electron chi connectivity index (χ3n) is 1.77. The number of guanidine groups is 1. The summed E-state index contributed by atoms with van der Waals surface area (Å²) < 4.78 is 4.99. The van der Waals surface area contributed by atoms with E-state index in [1.165, 1.54) is 7.11 Å². The van der Waals surface area contributed by atoms with Gasteiger partial charge in [-0.25, -0.2) is 4.79 Å². The van der Waals surface area contributed by atoms with E-state index in [1.54, 1.807) is 12.1 Å². The normalized spacial score (nSPS) is 9.59. The molecule has 6 nitrogen and oxygen atoms in total. The lowest BCUT2D eigenvalue weighted by molar-refractivity contribution is 0.253. The van der Waals surface area contributed by atoms with Crippen LogP contribution in [-0.4, -0.2) is 19.1 Å². The van der Waals surface area contributed by atoms with Gasteiger partial charge in [0.2, 0.25) is 5.96 Å². The van der Waals surface area contributed by atoms with Crippen molar-refractivity contribution in [2.45, 2.75) is 0 Å². The quantitative estimate of drug-likeness (QED) is 0.491. The summed E-state index contributed by atoms with van der Waals surface area (Å²) in [5.74, 6) is 0.0556. The average Bonchev–Trinajstić information content (AvgIpc) is 2.23. The summed E-state index contributed by atoms with van der Waals surface area (Å²) in [5, 5.41) is 12.4. The largest absolute Gasteiger partial charge is 0.495 e. The molecule has 0 radical (unpaired) electrons. The van der Waals surface area contributed by atoms with E-state index in [4.69, 9.17) is 39.1 Å². The highest BCUT2D eigenvalue weighted by Crippen LogP contribution is 2.37. The number of benzene rings is 1. The van der Waals surface area contributed by atoms with Gasteiger partial charge in [0.05, 0.1) is 17.8 Å². The summed E-state index contributed by atoms with van der Waals surface area (Å²) in [7, 11) is 1.45. The molecule has 0 atom stereocenters. The van der Waals surface area contributed by atoms with Gasteiger partial charge in [-0.05, 0) is 12.1 Å². The maximum absolute atomic E-state index is 10.5. The Bertz CT molecular complexity index is 465. The number of anilines is 1. The van der Waals surface area contributed by atoms with E-state index in [0.29, 0.717) is 5.75 Å². The highest BCUT2D eigenvalue weighted by molar-refractivity contribution is 6.40. The maximum Gasteiger partial charge on any atom is 0.318 e. The highest BCUT2D eigenvalue weighted by Gasteiger charge is 2.13. The van der Waals surface area contributed by atoms with Crippen molar-refractivity contribution >= 4 is 40.9 Å². The van der Waals surface area contributed by atoms with Crippen LogP contribution in [0.1, 0.15) is 0 Å². The molecule has 2 amide bonds. The number of hydrogen-bond acceptors (Lipinski definition) is 3. The standard InChI is InChI=1S/C9H10Cl2N4O2/c1-17-5-3-2-4(10)7(6(5)11)14-8(12)15-9(13)16/h2-3H,1H3,(H5,12,13,14,15,16). The summed E-state index contributed by atoms with van der Waals surface area (Å²) >= 11 is 11.9. The second kappa shape index (κ2) is 5.60. The predicted octanol–water partition coefficient (Wildman–Crippen LogP) is 2.02. The minimum absolute atomic E-state index is 0.205. The number of carbonyl (C=O) groups is 1. The Balaban J connectivity index is 2.97. The molecule has 0 aliphatic heterocycles. The van der Waals surface area contributed by atoms with Crippen molar-refractivity contribution in [3.05, 3.63) is 22.2 Å². The minimum atomic E-state index is -0.863. The molecule has 8 heteroatoms. The third-order valence-corrected chi connectivity index (χ3v) is 2.46. The van der Waals surface area contributed by atoms with E-state index < -0.39 is 6.03 Å². The number of urea groups is 1. The maximum atomic E-state index is 10.5. The summed E-state index contributed by atoms with van der Waals surface area (Å²) in [5.41, 5.74) is 5.11. The van der Waals surface area contributed by atoms with Crippen LogP contribution in [0.15, 0.2) is 12.1 Å². The number of primary amides is 1. The molecule has 0 aliphatic carbocycles. The molecular formula is C9H10Cl2N4O2. The van der Waals surface area contributed by atoms with E-state index in [1.807, 2.05) is 5.32 Å². The second-order valence-corrected chi connectivity index (χ2v) is 3.71. The van der Waals surface area contributed by atoms with Crippen LogP contribution in [0.2, 0.25) is 10.0 Å². The first-order chi connectivity index (χ1) is 7.95. The highest BCUT2D eigenvalue weighted by atomic mass is 35.5. The van der Waals surface area contributed by atoms with Gasteiger partial charge in [0, 0.05) is 0 Å². The van der Waals surface area contributed by atoms with Crippen molar-refractivity contribution in [2.75, 3.05) is 12.4 Å². The zero-order valence-corrected chi connectivity index (χ0v) is 10.3. The summed E-state index contributed by atoms with van der Waals surface area (Å²) in [6, 6.07) is 2.27. The molecule has 1 aromatic carbocycles. The number of amides is 2. The first kappa shape index (κ1) is 13.4. The Morgan fingerprint density at radius 3 is 2.65 bits per heavy atom. The number of methoxy groups -OCH3 is 1. The molecule has 0 aliphatic rings. The van der Waals surface area contributed by atoms with Gasteiger partial charge in [-0.2, -0.15) is 0 Å². The number of nitrogens with two attached hydrogens (primary N) is 1. The van der Waals surface area contributed by atoms with Crippen LogP contribution in [0.25, 0.3) is 0 Å². The van der Waals surface area contributed by atoms with Gasteiger partial charge in [-0.15, -0.1) is 0 Å². The Hall–Kier alpha value is -1.66. The van der Waals surface area contributed by atoms with Crippen LogP contribution in [-0.2, 0) is 0 Å². The molecule has 0 heterocycles. The molecule has 0 spiro atoms. The Labute approximate surface area is 108 Å². The zero-order chi connectivity index (χ0) is 13.0. The molecule has 0 fully saturated rings. The molecule has 0 bridgehead atoms. The van der Waals surface area contributed by atoms with Crippen LogP contribution >= 0.6 is 23.2 Å². The van der Waals surface area contributed by atoms with E-state index in [-0.39, 0.29) is 21.7 Å². The summed E-state index contributed by atoms with van der Waals surface area (Å²) in [6.45, 7) is 0. The van der Waals surface area contributed by atoms with Crippen LogP contribution in [0.4, 0.5) is 10.5 Å². The van der Waals surface area contributed by atoms with Crippen molar-refractivity contribution < 1.29 is 9.53 Å². The molecular weight excluding hydrogens is 267 g/mol. The summed E-state index contributed by atoms with van der Waals surface area (Å²) in [6.07, 6.45) is 0. The third kappa shape index (κ3) is 3.40. The first-order valence-electron chi connectivity index (χ1n) is 4.39. The average molecular weight is 277 g/mol. The van der Waals surface area contributed by atoms with Crippen LogP contribution < -0.4 is 21.1 Å². The fraction of sp³-hybridized carbons (Fsp3) is 0.111. The van der Waals surface area contributed by atoms with Crippen LogP contribution in [0, 0.1) is 5.41 Å². The van der Waals surface area contributed by atoms with E-state index >= 15 is 0 Å². The van der Waals surface area contributed by atoms with Gasteiger partial charge in [0.15, 0.2) is 0 Å². The minimum Gasteiger partial charge on any atom is -0.495 e. The number of hydrogen-bond donors (Lipinski definition) is 4. The number of carbonyl (C=O) groups excluding carboxylic acids is 1. The van der Waals surface area contributed by atoms with E-state index in [0.717, 1.165) is 0 Å². The van der Waals surface area contributed by atoms with Crippen molar-refractivity contribution in [2.24, 2.45) is 5.73 Å². The van der Waals surface area contributed by atoms with Gasteiger partial charge in [0.1, 0.15) is 10.8 Å². The Morgan fingerprint density at radius 1 is 1.47 bits per heavy atom. The fourth-order valence-electron chi connectivity index (χ4n) is 1.09. The molecule has 0 aromatic heterocycles. The molecule has 1 aromatic rings. The van der Waals surface area contributed by atoms with Crippen molar-refractivity contribution in [1.29, 1.82) is 5.41 Å².